The molecule has 38 heavy (non-hydrogen) atoms. The first-order valence-electron chi connectivity index (χ1n) is 12.2. The summed E-state index contributed by atoms with van der Waals surface area (Å²) in [6.07, 6.45) is 10.6. The van der Waals surface area contributed by atoms with Crippen LogP contribution in [0.5, 0.6) is 0 Å². The molecule has 0 saturated carbocycles. The molecule has 2 aromatic heterocycles. The Kier molecular flexibility index (Phi) is 9.70. The van der Waals surface area contributed by atoms with Gasteiger partial charge < -0.3 is 5.11 Å². The summed E-state index contributed by atoms with van der Waals surface area (Å²) in [7, 11) is 0. The largest absolute Gasteiger partial charge is 1.00 e. The first kappa shape index (κ1) is 28.0. The van der Waals surface area contributed by atoms with Crippen molar-refractivity contribution < 1.29 is 63.3 Å². The Morgan fingerprint density at radius 1 is 0.763 bits per heavy atom. The van der Waals surface area contributed by atoms with Crippen molar-refractivity contribution in [2.24, 2.45) is 0 Å². The molecule has 0 unspecified atom stereocenters. The molecule has 0 saturated heterocycles. The van der Waals surface area contributed by atoms with Crippen LogP contribution in [0.15, 0.2) is 128 Å². The van der Waals surface area contributed by atoms with Gasteiger partial charge in [0.15, 0.2) is 5.82 Å². The number of allylic oxidation sites excluding steroid dienone is 8. The van der Waals surface area contributed by atoms with Crippen LogP contribution in [0.2, 0.25) is 0 Å². The molecule has 2 aromatic carbocycles. The van der Waals surface area contributed by atoms with Gasteiger partial charge >= 0.3 is 58.2 Å². The standard InChI is InChI=1S/C33H27N3O.Rb/c1-3-11-23(4-2)30-22-31(24-12-6-5-7-13-24)36-33(35-30)26-20-18-25(19-21-26)28-15-10-16-29(34-28)27-14-8-9-17-32(27)37;/h3-8,10-16,18-22,37H,1-2,9,17H2;/q;+1/p-1/b23-11+;. The summed E-state index contributed by atoms with van der Waals surface area (Å²) in [5.41, 5.74) is 7.53. The molecule has 180 valence electrons. The topological polar surface area (TPSA) is 61.7 Å². The van der Waals surface area contributed by atoms with Crippen LogP contribution in [0.25, 0.3) is 45.0 Å². The molecule has 1 aliphatic carbocycles. The molecule has 0 amide bonds. The molecule has 0 fully saturated rings. The van der Waals surface area contributed by atoms with E-state index in [4.69, 9.17) is 15.0 Å². The molecule has 0 radical (unpaired) electrons. The second-order valence-electron chi connectivity index (χ2n) is 8.65. The molecule has 0 aliphatic heterocycles. The summed E-state index contributed by atoms with van der Waals surface area (Å²) in [4.78, 5) is 14.5. The fraction of sp³-hybridized carbons (Fsp3) is 0.0606. The summed E-state index contributed by atoms with van der Waals surface area (Å²) < 4.78 is 0. The maximum Gasteiger partial charge on any atom is 1.00 e. The van der Waals surface area contributed by atoms with Crippen molar-refractivity contribution in [1.29, 1.82) is 0 Å². The maximum absolute atomic E-state index is 12.4. The summed E-state index contributed by atoms with van der Waals surface area (Å²) in [5, 5.41) is 12.4. The van der Waals surface area contributed by atoms with Gasteiger partial charge in [-0.1, -0.05) is 104 Å². The zero-order valence-electron chi connectivity index (χ0n) is 21.5. The first-order valence-corrected chi connectivity index (χ1v) is 12.2. The fourth-order valence-corrected chi connectivity index (χ4v) is 4.27. The third-order valence-corrected chi connectivity index (χ3v) is 6.20. The minimum absolute atomic E-state index is 0. The van der Waals surface area contributed by atoms with E-state index in [2.05, 4.69) is 13.2 Å². The van der Waals surface area contributed by atoms with E-state index in [1.807, 2.05) is 97.1 Å². The molecule has 0 bridgehead atoms. The molecule has 5 rings (SSSR count). The van der Waals surface area contributed by atoms with E-state index in [9.17, 15) is 5.11 Å². The second kappa shape index (κ2) is 13.2. The fourth-order valence-electron chi connectivity index (χ4n) is 4.27. The van der Waals surface area contributed by atoms with Gasteiger partial charge in [0.1, 0.15) is 0 Å². The number of rotatable bonds is 7. The molecule has 0 spiro atoms. The Morgan fingerprint density at radius 2 is 1.47 bits per heavy atom. The molecule has 0 N–H and O–H groups in total. The van der Waals surface area contributed by atoms with Crippen LogP contribution in [-0.2, 0) is 0 Å². The molecular weight excluding hydrogens is 540 g/mol. The van der Waals surface area contributed by atoms with Crippen molar-refractivity contribution in [1.82, 2.24) is 15.0 Å². The van der Waals surface area contributed by atoms with Gasteiger partial charge in [-0.25, -0.2) is 15.0 Å². The van der Waals surface area contributed by atoms with E-state index in [-0.39, 0.29) is 63.9 Å². The Morgan fingerprint density at radius 3 is 2.18 bits per heavy atom. The monoisotopic (exact) mass is 565 g/mol. The summed E-state index contributed by atoms with van der Waals surface area (Å²) >= 11 is 0. The van der Waals surface area contributed by atoms with Gasteiger partial charge in [0, 0.05) is 16.7 Å². The number of pyridine rings is 1. The molecule has 0 atom stereocenters. The predicted octanol–water partition coefficient (Wildman–Crippen LogP) is 4.05. The van der Waals surface area contributed by atoms with E-state index in [0.717, 1.165) is 45.8 Å². The van der Waals surface area contributed by atoms with Crippen LogP contribution in [0.1, 0.15) is 24.2 Å². The summed E-state index contributed by atoms with van der Waals surface area (Å²) in [5.74, 6) is 0.757. The Labute approximate surface area is 272 Å². The molecule has 1 aliphatic rings. The zero-order chi connectivity index (χ0) is 25.6. The van der Waals surface area contributed by atoms with Crippen LogP contribution in [0.4, 0.5) is 0 Å². The first-order chi connectivity index (χ1) is 18.2. The average molecular weight is 566 g/mol. The minimum Gasteiger partial charge on any atom is -0.875 e. The maximum atomic E-state index is 12.4. The van der Waals surface area contributed by atoms with Crippen molar-refractivity contribution in [3.8, 4) is 33.9 Å². The van der Waals surface area contributed by atoms with Crippen molar-refractivity contribution in [2.45, 2.75) is 12.8 Å². The van der Waals surface area contributed by atoms with Gasteiger partial charge in [-0.2, -0.15) is 0 Å². The second-order valence-corrected chi connectivity index (χ2v) is 8.65. The molecule has 5 heteroatoms. The van der Waals surface area contributed by atoms with E-state index in [0.29, 0.717) is 23.5 Å². The third-order valence-electron chi connectivity index (χ3n) is 6.20. The number of aromatic nitrogens is 3. The summed E-state index contributed by atoms with van der Waals surface area (Å²) in [6.45, 7) is 7.76. The van der Waals surface area contributed by atoms with Crippen LogP contribution >= 0.6 is 0 Å². The Bertz CT molecular complexity index is 1550. The van der Waals surface area contributed by atoms with E-state index in [1.165, 1.54) is 0 Å². The predicted molar refractivity (Wildman–Crippen MR) is 150 cm³/mol. The normalized spacial score (nSPS) is 13.1. The van der Waals surface area contributed by atoms with Gasteiger partial charge in [-0.05, 0) is 42.2 Å². The Hall–Kier alpha value is -3.02. The van der Waals surface area contributed by atoms with Crippen LogP contribution in [0.3, 0.4) is 0 Å². The van der Waals surface area contributed by atoms with E-state index in [1.54, 1.807) is 12.2 Å². The molecule has 2 heterocycles. The van der Waals surface area contributed by atoms with Gasteiger partial charge in [-0.15, -0.1) is 5.76 Å². The number of benzene rings is 2. The zero-order valence-corrected chi connectivity index (χ0v) is 26.4. The summed E-state index contributed by atoms with van der Waals surface area (Å²) in [6, 6.07) is 25.8. The molecular formula is C33H26N3ORb. The van der Waals surface area contributed by atoms with Crippen LogP contribution in [-0.4, -0.2) is 15.0 Å². The number of hydrogen-bond acceptors (Lipinski definition) is 4. The van der Waals surface area contributed by atoms with Crippen molar-refractivity contribution in [2.75, 3.05) is 0 Å². The van der Waals surface area contributed by atoms with E-state index < -0.39 is 0 Å². The SMILES string of the molecule is C=C/C=C(\C=C)c1cc(-c2ccccc2)nc(-c2ccc(-c3cccc(C4=C([O-])CCC=C4)n3)cc2)n1.[Rb+]. The van der Waals surface area contributed by atoms with Crippen LogP contribution in [0, 0.1) is 0 Å². The number of nitrogens with zero attached hydrogens (tertiary/aromatic N) is 3. The van der Waals surface area contributed by atoms with Gasteiger partial charge in [0.05, 0.1) is 22.8 Å². The van der Waals surface area contributed by atoms with Crippen molar-refractivity contribution in [3.63, 3.8) is 0 Å². The Balaban J connectivity index is 0.00000336. The quantitative estimate of drug-likeness (QED) is 0.317. The van der Waals surface area contributed by atoms with Gasteiger partial charge in [0.2, 0.25) is 0 Å². The minimum atomic E-state index is 0. The molecule has 4 nitrogen and oxygen atoms in total. The van der Waals surface area contributed by atoms with Gasteiger partial charge in [-0.3, -0.25) is 0 Å². The average Bonchev–Trinajstić information content (AvgIpc) is 2.96. The van der Waals surface area contributed by atoms with Crippen molar-refractivity contribution >= 4 is 11.1 Å². The van der Waals surface area contributed by atoms with Gasteiger partial charge in [0.25, 0.3) is 0 Å². The van der Waals surface area contributed by atoms with Crippen LogP contribution < -0.4 is 63.3 Å². The molecule has 4 aromatic rings. The van der Waals surface area contributed by atoms with E-state index >= 15 is 0 Å². The third kappa shape index (κ3) is 6.33. The number of hydrogen-bond donors (Lipinski definition) is 0. The smallest absolute Gasteiger partial charge is 0.875 e. The van der Waals surface area contributed by atoms with Crippen molar-refractivity contribution in [3.05, 3.63) is 140 Å².